The molecule has 0 aliphatic carbocycles. The molecule has 0 aromatic heterocycles. The SMILES string of the molecule is CCCC(N)c1cc(Cl)cc(C(C)C)c1OCC. The van der Waals surface area contributed by atoms with Gasteiger partial charge in [-0.05, 0) is 37.0 Å². The highest BCUT2D eigenvalue weighted by atomic mass is 35.5. The number of nitrogens with two attached hydrogens (primary N) is 1. The van der Waals surface area contributed by atoms with Crippen molar-refractivity contribution in [2.45, 2.75) is 52.5 Å². The van der Waals surface area contributed by atoms with Gasteiger partial charge in [-0.25, -0.2) is 0 Å². The molecule has 0 amide bonds. The Morgan fingerprint density at radius 1 is 1.22 bits per heavy atom. The summed E-state index contributed by atoms with van der Waals surface area (Å²) in [4.78, 5) is 0. The minimum atomic E-state index is -0.00671. The highest BCUT2D eigenvalue weighted by molar-refractivity contribution is 6.30. The Hall–Kier alpha value is -0.730. The van der Waals surface area contributed by atoms with Gasteiger partial charge < -0.3 is 10.5 Å². The zero-order valence-electron chi connectivity index (χ0n) is 11.8. The van der Waals surface area contributed by atoms with Gasteiger partial charge in [0.25, 0.3) is 0 Å². The zero-order chi connectivity index (χ0) is 13.7. The number of hydrogen-bond acceptors (Lipinski definition) is 2. The van der Waals surface area contributed by atoms with Crippen molar-refractivity contribution in [2.24, 2.45) is 5.73 Å². The molecule has 0 bridgehead atoms. The van der Waals surface area contributed by atoms with Crippen molar-refractivity contribution in [3.63, 3.8) is 0 Å². The lowest BCUT2D eigenvalue weighted by molar-refractivity contribution is 0.328. The molecular weight excluding hydrogens is 246 g/mol. The first kappa shape index (κ1) is 15.3. The maximum atomic E-state index is 6.24. The lowest BCUT2D eigenvalue weighted by Gasteiger charge is -2.21. The molecule has 0 aliphatic rings. The van der Waals surface area contributed by atoms with Crippen LogP contribution < -0.4 is 10.5 Å². The Balaban J connectivity index is 3.28. The van der Waals surface area contributed by atoms with Crippen molar-refractivity contribution in [1.82, 2.24) is 0 Å². The quantitative estimate of drug-likeness (QED) is 0.815. The van der Waals surface area contributed by atoms with Gasteiger partial charge >= 0.3 is 0 Å². The van der Waals surface area contributed by atoms with Crippen LogP contribution >= 0.6 is 11.6 Å². The van der Waals surface area contributed by atoms with Crippen molar-refractivity contribution in [3.05, 3.63) is 28.3 Å². The first-order chi connectivity index (χ1) is 8.51. The third-order valence-electron chi connectivity index (χ3n) is 3.02. The molecule has 0 saturated heterocycles. The summed E-state index contributed by atoms with van der Waals surface area (Å²) in [5.74, 6) is 1.30. The molecule has 2 N–H and O–H groups in total. The zero-order valence-corrected chi connectivity index (χ0v) is 12.6. The maximum Gasteiger partial charge on any atom is 0.127 e. The Labute approximate surface area is 115 Å². The monoisotopic (exact) mass is 269 g/mol. The molecule has 0 radical (unpaired) electrons. The van der Waals surface area contributed by atoms with Gasteiger partial charge in [-0.3, -0.25) is 0 Å². The number of ether oxygens (including phenoxy) is 1. The van der Waals surface area contributed by atoms with Crippen LogP contribution in [0.5, 0.6) is 5.75 Å². The highest BCUT2D eigenvalue weighted by Gasteiger charge is 2.18. The third-order valence-corrected chi connectivity index (χ3v) is 3.24. The molecule has 3 heteroatoms. The predicted octanol–water partition coefficient (Wildman–Crippen LogP) is 4.66. The van der Waals surface area contributed by atoms with E-state index in [0.717, 1.165) is 34.7 Å². The van der Waals surface area contributed by atoms with E-state index in [-0.39, 0.29) is 6.04 Å². The van der Waals surface area contributed by atoms with Crippen LogP contribution in [0, 0.1) is 0 Å². The van der Waals surface area contributed by atoms with E-state index in [1.807, 2.05) is 19.1 Å². The summed E-state index contributed by atoms with van der Waals surface area (Å²) < 4.78 is 5.81. The van der Waals surface area contributed by atoms with E-state index in [9.17, 15) is 0 Å². The third kappa shape index (κ3) is 3.63. The molecule has 1 aromatic carbocycles. The van der Waals surface area contributed by atoms with E-state index in [1.54, 1.807) is 0 Å². The van der Waals surface area contributed by atoms with E-state index >= 15 is 0 Å². The average molecular weight is 270 g/mol. The van der Waals surface area contributed by atoms with Gasteiger partial charge in [0.1, 0.15) is 5.75 Å². The van der Waals surface area contributed by atoms with Crippen LogP contribution in [0.3, 0.4) is 0 Å². The fourth-order valence-electron chi connectivity index (χ4n) is 2.12. The Kier molecular flexibility index (Phi) is 5.97. The van der Waals surface area contributed by atoms with E-state index in [1.165, 1.54) is 0 Å². The van der Waals surface area contributed by atoms with E-state index in [2.05, 4.69) is 20.8 Å². The summed E-state index contributed by atoms with van der Waals surface area (Å²) in [5.41, 5.74) is 8.42. The predicted molar refractivity (Wildman–Crippen MR) is 78.5 cm³/mol. The summed E-state index contributed by atoms with van der Waals surface area (Å²) in [5, 5.41) is 0.740. The second-order valence-corrected chi connectivity index (χ2v) is 5.33. The molecule has 1 atom stereocenters. The standard InChI is InChI=1S/C15H24ClNO/c1-5-7-14(17)13-9-11(16)8-12(10(3)4)15(13)18-6-2/h8-10,14H,5-7,17H2,1-4H3. The minimum absolute atomic E-state index is 0.00671. The van der Waals surface area contributed by atoms with Gasteiger partial charge in [-0.2, -0.15) is 0 Å². The maximum absolute atomic E-state index is 6.24. The first-order valence-electron chi connectivity index (χ1n) is 6.72. The summed E-state index contributed by atoms with van der Waals surface area (Å²) >= 11 is 6.20. The second kappa shape index (κ2) is 7.01. The van der Waals surface area contributed by atoms with Gasteiger partial charge in [0.2, 0.25) is 0 Å². The lowest BCUT2D eigenvalue weighted by atomic mass is 9.94. The fraction of sp³-hybridized carbons (Fsp3) is 0.600. The molecule has 0 saturated carbocycles. The Bertz CT molecular complexity index is 390. The van der Waals surface area contributed by atoms with Crippen molar-refractivity contribution in [2.75, 3.05) is 6.61 Å². The Morgan fingerprint density at radius 2 is 1.83 bits per heavy atom. The van der Waals surface area contributed by atoms with E-state index < -0.39 is 0 Å². The Morgan fingerprint density at radius 3 is 2.33 bits per heavy atom. The molecule has 2 nitrogen and oxygen atoms in total. The topological polar surface area (TPSA) is 35.2 Å². The van der Waals surface area contributed by atoms with Crippen LogP contribution in [0.15, 0.2) is 12.1 Å². The van der Waals surface area contributed by atoms with Gasteiger partial charge in [-0.1, -0.05) is 38.8 Å². The molecule has 0 heterocycles. The number of benzene rings is 1. The van der Waals surface area contributed by atoms with Crippen LogP contribution in [0.25, 0.3) is 0 Å². The summed E-state index contributed by atoms with van der Waals surface area (Å²) in [6.45, 7) is 9.06. The van der Waals surface area contributed by atoms with Crippen molar-refractivity contribution < 1.29 is 4.74 Å². The number of rotatable bonds is 6. The molecular formula is C15H24ClNO. The van der Waals surface area contributed by atoms with E-state index in [0.29, 0.717) is 12.5 Å². The molecule has 18 heavy (non-hydrogen) atoms. The van der Waals surface area contributed by atoms with Gasteiger partial charge in [-0.15, -0.1) is 0 Å². The van der Waals surface area contributed by atoms with Crippen LogP contribution in [-0.2, 0) is 0 Å². The summed E-state index contributed by atoms with van der Waals surface area (Å²) in [7, 11) is 0. The largest absolute Gasteiger partial charge is 0.493 e. The number of halogens is 1. The molecule has 1 rings (SSSR count). The molecule has 1 unspecified atom stereocenters. The minimum Gasteiger partial charge on any atom is -0.493 e. The highest BCUT2D eigenvalue weighted by Crippen LogP contribution is 2.37. The molecule has 0 spiro atoms. The summed E-state index contributed by atoms with van der Waals surface area (Å²) in [6, 6.07) is 3.92. The van der Waals surface area contributed by atoms with Gasteiger partial charge in [0.15, 0.2) is 0 Å². The van der Waals surface area contributed by atoms with Crippen LogP contribution in [0.1, 0.15) is 63.6 Å². The van der Waals surface area contributed by atoms with Crippen molar-refractivity contribution in [3.8, 4) is 5.75 Å². The van der Waals surface area contributed by atoms with Crippen LogP contribution in [0.4, 0.5) is 0 Å². The van der Waals surface area contributed by atoms with Crippen LogP contribution in [0.2, 0.25) is 5.02 Å². The molecule has 0 aliphatic heterocycles. The van der Waals surface area contributed by atoms with Crippen molar-refractivity contribution in [1.29, 1.82) is 0 Å². The van der Waals surface area contributed by atoms with E-state index in [4.69, 9.17) is 22.1 Å². The average Bonchev–Trinajstić information content (AvgIpc) is 2.31. The fourth-order valence-corrected chi connectivity index (χ4v) is 2.35. The number of hydrogen-bond donors (Lipinski definition) is 1. The van der Waals surface area contributed by atoms with Crippen molar-refractivity contribution >= 4 is 11.6 Å². The first-order valence-corrected chi connectivity index (χ1v) is 7.10. The molecule has 0 fully saturated rings. The lowest BCUT2D eigenvalue weighted by Crippen LogP contribution is -2.13. The van der Waals surface area contributed by atoms with Gasteiger partial charge in [0.05, 0.1) is 6.61 Å². The van der Waals surface area contributed by atoms with Gasteiger partial charge in [0, 0.05) is 16.6 Å². The van der Waals surface area contributed by atoms with Crippen LogP contribution in [-0.4, -0.2) is 6.61 Å². The smallest absolute Gasteiger partial charge is 0.127 e. The summed E-state index contributed by atoms with van der Waals surface area (Å²) in [6.07, 6.45) is 1.99. The second-order valence-electron chi connectivity index (χ2n) is 4.90. The molecule has 102 valence electrons. The molecule has 1 aromatic rings. The normalized spacial score (nSPS) is 12.8.